The van der Waals surface area contributed by atoms with Gasteiger partial charge in [0.25, 0.3) is 0 Å². The highest BCUT2D eigenvalue weighted by Crippen LogP contribution is 2.21. The number of rotatable bonds is 5. The van der Waals surface area contributed by atoms with Gasteiger partial charge in [0.15, 0.2) is 0 Å². The van der Waals surface area contributed by atoms with Gasteiger partial charge in [0.2, 0.25) is 0 Å². The Hall–Kier alpha value is -0.340. The van der Waals surface area contributed by atoms with Crippen molar-refractivity contribution >= 4 is 0 Å². The van der Waals surface area contributed by atoms with Crippen molar-refractivity contribution in [3.63, 3.8) is 0 Å². The maximum atomic E-state index is 4.00. The lowest BCUT2D eigenvalue weighted by atomic mass is 9.97. The third-order valence-corrected chi connectivity index (χ3v) is 3.37. The molecule has 1 aliphatic carbocycles. The van der Waals surface area contributed by atoms with Crippen molar-refractivity contribution in [2.75, 3.05) is 26.2 Å². The molecule has 15 heavy (non-hydrogen) atoms. The zero-order valence-electron chi connectivity index (χ0n) is 9.97. The van der Waals surface area contributed by atoms with Crippen LogP contribution in [0.5, 0.6) is 0 Å². The van der Waals surface area contributed by atoms with Crippen molar-refractivity contribution in [1.82, 2.24) is 10.2 Å². The Morgan fingerprint density at radius 3 is 2.87 bits per heavy atom. The van der Waals surface area contributed by atoms with Gasteiger partial charge in [-0.1, -0.05) is 12.2 Å². The van der Waals surface area contributed by atoms with Crippen LogP contribution in [0.1, 0.15) is 32.6 Å². The summed E-state index contributed by atoms with van der Waals surface area (Å²) in [7, 11) is 0. The van der Waals surface area contributed by atoms with Crippen molar-refractivity contribution in [2.24, 2.45) is 5.92 Å². The van der Waals surface area contributed by atoms with E-state index in [0.29, 0.717) is 0 Å². The van der Waals surface area contributed by atoms with E-state index >= 15 is 0 Å². The second-order valence-electron chi connectivity index (χ2n) is 5.38. The molecule has 2 nitrogen and oxygen atoms in total. The molecule has 1 unspecified atom stereocenters. The Balaban J connectivity index is 1.68. The van der Waals surface area contributed by atoms with Gasteiger partial charge in [0, 0.05) is 19.1 Å². The molecule has 2 fully saturated rings. The van der Waals surface area contributed by atoms with Gasteiger partial charge < -0.3 is 5.32 Å². The lowest BCUT2D eigenvalue weighted by Crippen LogP contribution is -2.40. The molecule has 0 bridgehead atoms. The van der Waals surface area contributed by atoms with Crippen LogP contribution in [0.25, 0.3) is 0 Å². The third-order valence-electron chi connectivity index (χ3n) is 3.37. The molecule has 1 aliphatic heterocycles. The van der Waals surface area contributed by atoms with Crippen LogP contribution in [-0.4, -0.2) is 37.1 Å². The average Bonchev–Trinajstić information content (AvgIpc) is 2.97. The van der Waals surface area contributed by atoms with E-state index in [4.69, 9.17) is 0 Å². The lowest BCUT2D eigenvalue weighted by Gasteiger charge is -2.33. The standard InChI is InChI=1S/C13H24N2/c1-11(2)9-15-7-3-4-12(10-15)8-14-13-5-6-13/h12-14H,1,3-10H2,2H3. The molecule has 2 aliphatic rings. The van der Waals surface area contributed by atoms with Crippen LogP contribution in [-0.2, 0) is 0 Å². The molecule has 86 valence electrons. The summed E-state index contributed by atoms with van der Waals surface area (Å²) in [4.78, 5) is 2.56. The SMILES string of the molecule is C=C(C)CN1CCCC(CNC2CC2)C1. The summed E-state index contributed by atoms with van der Waals surface area (Å²) in [6.45, 7) is 11.0. The molecule has 0 spiro atoms. The Bertz CT molecular complexity index is 221. The Labute approximate surface area is 93.7 Å². The van der Waals surface area contributed by atoms with E-state index in [0.717, 1.165) is 18.5 Å². The fraction of sp³-hybridized carbons (Fsp3) is 0.846. The lowest BCUT2D eigenvalue weighted by molar-refractivity contribution is 0.184. The van der Waals surface area contributed by atoms with Crippen molar-refractivity contribution in [1.29, 1.82) is 0 Å². The van der Waals surface area contributed by atoms with E-state index in [1.54, 1.807) is 0 Å². The quantitative estimate of drug-likeness (QED) is 0.695. The molecule has 1 atom stereocenters. The predicted octanol–water partition coefficient (Wildman–Crippen LogP) is 2.03. The predicted molar refractivity (Wildman–Crippen MR) is 65.0 cm³/mol. The Kier molecular flexibility index (Phi) is 3.81. The number of nitrogens with zero attached hydrogens (tertiary/aromatic N) is 1. The minimum absolute atomic E-state index is 0.863. The Morgan fingerprint density at radius 2 is 2.20 bits per heavy atom. The summed E-state index contributed by atoms with van der Waals surface area (Å²) in [5.74, 6) is 0.874. The largest absolute Gasteiger partial charge is 0.314 e. The zero-order valence-corrected chi connectivity index (χ0v) is 9.97. The van der Waals surface area contributed by atoms with Gasteiger partial charge >= 0.3 is 0 Å². The Morgan fingerprint density at radius 1 is 1.40 bits per heavy atom. The van der Waals surface area contributed by atoms with Gasteiger partial charge in [-0.05, 0) is 51.6 Å². The average molecular weight is 208 g/mol. The van der Waals surface area contributed by atoms with Gasteiger partial charge in [-0.3, -0.25) is 4.90 Å². The van der Waals surface area contributed by atoms with Crippen LogP contribution in [0.15, 0.2) is 12.2 Å². The van der Waals surface area contributed by atoms with Gasteiger partial charge in [-0.2, -0.15) is 0 Å². The molecule has 1 heterocycles. The van der Waals surface area contributed by atoms with Crippen LogP contribution in [0.3, 0.4) is 0 Å². The molecule has 0 radical (unpaired) electrons. The highest BCUT2D eigenvalue weighted by Gasteiger charge is 2.24. The summed E-state index contributed by atoms with van der Waals surface area (Å²) >= 11 is 0. The molecule has 1 N–H and O–H groups in total. The number of likely N-dealkylation sites (tertiary alicyclic amines) is 1. The molecule has 0 aromatic rings. The second-order valence-corrected chi connectivity index (χ2v) is 5.38. The highest BCUT2D eigenvalue weighted by molar-refractivity contribution is 4.93. The molecule has 1 saturated heterocycles. The number of hydrogen-bond donors (Lipinski definition) is 1. The topological polar surface area (TPSA) is 15.3 Å². The fourth-order valence-corrected chi connectivity index (χ4v) is 2.46. The van der Waals surface area contributed by atoms with Crippen LogP contribution >= 0.6 is 0 Å². The molecule has 0 amide bonds. The number of nitrogens with one attached hydrogen (secondary N) is 1. The molecule has 0 aromatic carbocycles. The van der Waals surface area contributed by atoms with E-state index in [1.165, 1.54) is 50.9 Å². The van der Waals surface area contributed by atoms with Crippen LogP contribution in [0.2, 0.25) is 0 Å². The summed E-state index contributed by atoms with van der Waals surface area (Å²) < 4.78 is 0. The smallest absolute Gasteiger partial charge is 0.0187 e. The normalized spacial score (nSPS) is 27.9. The molecule has 0 aromatic heterocycles. The highest BCUT2D eigenvalue weighted by atomic mass is 15.1. The summed E-state index contributed by atoms with van der Waals surface area (Å²) in [5.41, 5.74) is 1.30. The maximum Gasteiger partial charge on any atom is 0.0187 e. The van der Waals surface area contributed by atoms with E-state index < -0.39 is 0 Å². The molecule has 2 rings (SSSR count). The molecular weight excluding hydrogens is 184 g/mol. The minimum Gasteiger partial charge on any atom is -0.314 e. The van der Waals surface area contributed by atoms with Crippen LogP contribution in [0, 0.1) is 5.92 Å². The van der Waals surface area contributed by atoms with Gasteiger partial charge in [0.05, 0.1) is 0 Å². The zero-order chi connectivity index (χ0) is 10.7. The first-order valence-electron chi connectivity index (χ1n) is 6.34. The summed E-state index contributed by atoms with van der Waals surface area (Å²) in [6, 6.07) is 0.863. The van der Waals surface area contributed by atoms with E-state index in [1.807, 2.05) is 0 Å². The monoisotopic (exact) mass is 208 g/mol. The van der Waals surface area contributed by atoms with Gasteiger partial charge in [-0.15, -0.1) is 0 Å². The van der Waals surface area contributed by atoms with Crippen molar-refractivity contribution in [3.05, 3.63) is 12.2 Å². The maximum absolute atomic E-state index is 4.00. The molecular formula is C13H24N2. The van der Waals surface area contributed by atoms with E-state index in [-0.39, 0.29) is 0 Å². The molecule has 1 saturated carbocycles. The van der Waals surface area contributed by atoms with Crippen LogP contribution in [0.4, 0.5) is 0 Å². The first kappa shape index (κ1) is 11.2. The van der Waals surface area contributed by atoms with Crippen molar-refractivity contribution in [2.45, 2.75) is 38.6 Å². The first-order chi connectivity index (χ1) is 7.24. The van der Waals surface area contributed by atoms with Gasteiger partial charge in [0.1, 0.15) is 0 Å². The van der Waals surface area contributed by atoms with Crippen molar-refractivity contribution < 1.29 is 0 Å². The van der Waals surface area contributed by atoms with Crippen molar-refractivity contribution in [3.8, 4) is 0 Å². The minimum atomic E-state index is 0.863. The second kappa shape index (κ2) is 5.13. The first-order valence-corrected chi connectivity index (χ1v) is 6.34. The fourth-order valence-electron chi connectivity index (χ4n) is 2.46. The number of hydrogen-bond acceptors (Lipinski definition) is 2. The molecule has 2 heteroatoms. The third kappa shape index (κ3) is 3.96. The summed E-state index contributed by atoms with van der Waals surface area (Å²) in [6.07, 6.45) is 5.58. The summed E-state index contributed by atoms with van der Waals surface area (Å²) in [5, 5.41) is 3.65. The van der Waals surface area contributed by atoms with E-state index in [2.05, 4.69) is 23.7 Å². The number of piperidine rings is 1. The van der Waals surface area contributed by atoms with E-state index in [9.17, 15) is 0 Å². The van der Waals surface area contributed by atoms with Gasteiger partial charge in [-0.25, -0.2) is 0 Å². The van der Waals surface area contributed by atoms with Crippen LogP contribution < -0.4 is 5.32 Å².